The summed E-state index contributed by atoms with van der Waals surface area (Å²) in [5.41, 5.74) is 4.13. The number of H-pyrrole nitrogens is 1. The molecule has 1 aliphatic rings. The molecule has 1 aliphatic carbocycles. The zero-order chi connectivity index (χ0) is 9.80. The van der Waals surface area contributed by atoms with Crippen LogP contribution in [0, 0.1) is 0 Å². The van der Waals surface area contributed by atoms with E-state index >= 15 is 0 Å². The molecule has 0 aromatic carbocycles. The van der Waals surface area contributed by atoms with Crippen molar-refractivity contribution in [2.75, 3.05) is 0 Å². The number of aromatic amines is 1. The minimum atomic E-state index is 1.05. The molecule has 1 nitrogen and oxygen atoms in total. The van der Waals surface area contributed by atoms with Crippen LogP contribution >= 0.6 is 0 Å². The summed E-state index contributed by atoms with van der Waals surface area (Å²) in [5, 5.41) is 0. The van der Waals surface area contributed by atoms with Crippen LogP contribution in [0.25, 0.3) is 12.2 Å². The maximum Gasteiger partial charge on any atom is 0.0453 e. The van der Waals surface area contributed by atoms with Crippen molar-refractivity contribution in [3.8, 4) is 0 Å². The number of fused-ring (bicyclic) bond motifs is 1. The second-order valence-electron chi connectivity index (χ2n) is 3.79. The average molecular weight is 187 g/mol. The van der Waals surface area contributed by atoms with Crippen molar-refractivity contribution in [2.24, 2.45) is 0 Å². The molecular weight excluding hydrogens is 170 g/mol. The van der Waals surface area contributed by atoms with E-state index in [1.807, 2.05) is 0 Å². The topological polar surface area (TPSA) is 15.8 Å². The van der Waals surface area contributed by atoms with Gasteiger partial charge in [0.25, 0.3) is 0 Å². The first-order valence-corrected chi connectivity index (χ1v) is 5.45. The van der Waals surface area contributed by atoms with Crippen LogP contribution in [-0.4, -0.2) is 4.98 Å². The van der Waals surface area contributed by atoms with Gasteiger partial charge >= 0.3 is 0 Å². The van der Waals surface area contributed by atoms with Gasteiger partial charge in [0.15, 0.2) is 0 Å². The van der Waals surface area contributed by atoms with E-state index in [9.17, 15) is 0 Å². The molecule has 0 amide bonds. The predicted octanol–water partition coefficient (Wildman–Crippen LogP) is 3.79. The minimum Gasteiger partial charge on any atom is -0.361 e. The first-order valence-electron chi connectivity index (χ1n) is 5.45. The van der Waals surface area contributed by atoms with Gasteiger partial charge in [0.05, 0.1) is 0 Å². The van der Waals surface area contributed by atoms with E-state index in [-0.39, 0.29) is 0 Å². The number of hydrogen-bond acceptors (Lipinski definition) is 0. The highest BCUT2D eigenvalue weighted by Crippen LogP contribution is 2.22. The van der Waals surface area contributed by atoms with Gasteiger partial charge in [0.1, 0.15) is 0 Å². The molecule has 0 atom stereocenters. The lowest BCUT2D eigenvalue weighted by Crippen LogP contribution is -1.85. The van der Waals surface area contributed by atoms with Crippen LogP contribution in [-0.2, 0) is 6.42 Å². The molecule has 2 rings (SSSR count). The van der Waals surface area contributed by atoms with E-state index in [2.05, 4.69) is 42.4 Å². The largest absolute Gasteiger partial charge is 0.361 e. The van der Waals surface area contributed by atoms with Crippen LogP contribution in [0.5, 0.6) is 0 Å². The molecule has 0 aliphatic heterocycles. The Labute approximate surface area is 85.5 Å². The number of unbranched alkanes of at least 4 members (excludes halogenated alkanes) is 1. The fourth-order valence-corrected chi connectivity index (χ4v) is 1.85. The lowest BCUT2D eigenvalue weighted by atomic mass is 10.1. The van der Waals surface area contributed by atoms with Crippen LogP contribution < -0.4 is 0 Å². The summed E-state index contributed by atoms with van der Waals surface area (Å²) in [4.78, 5) is 3.34. The Morgan fingerprint density at radius 3 is 3.00 bits per heavy atom. The van der Waals surface area contributed by atoms with E-state index in [4.69, 9.17) is 0 Å². The van der Waals surface area contributed by atoms with Crippen molar-refractivity contribution in [2.45, 2.75) is 32.6 Å². The maximum absolute atomic E-state index is 3.34. The zero-order valence-electron chi connectivity index (χ0n) is 8.72. The van der Waals surface area contributed by atoms with Gasteiger partial charge in [-0.25, -0.2) is 0 Å². The summed E-state index contributed by atoms with van der Waals surface area (Å²) in [5.74, 6) is 0. The van der Waals surface area contributed by atoms with Gasteiger partial charge in [-0.2, -0.15) is 0 Å². The molecule has 0 spiro atoms. The van der Waals surface area contributed by atoms with E-state index in [1.165, 1.54) is 36.1 Å². The number of nitrogens with one attached hydrogen (secondary N) is 1. The Morgan fingerprint density at radius 2 is 2.14 bits per heavy atom. The van der Waals surface area contributed by atoms with E-state index in [0.29, 0.717) is 0 Å². The Bertz CT molecular complexity index is 355. The smallest absolute Gasteiger partial charge is 0.0453 e. The molecule has 0 saturated heterocycles. The number of allylic oxidation sites excluding steroid dienone is 2. The van der Waals surface area contributed by atoms with Crippen LogP contribution in [0.4, 0.5) is 0 Å². The summed E-state index contributed by atoms with van der Waals surface area (Å²) in [6, 6.07) is 0. The monoisotopic (exact) mass is 187 g/mol. The van der Waals surface area contributed by atoms with Crippen LogP contribution in [0.2, 0.25) is 0 Å². The van der Waals surface area contributed by atoms with Crippen molar-refractivity contribution < 1.29 is 0 Å². The molecule has 0 fully saturated rings. The van der Waals surface area contributed by atoms with Gasteiger partial charge < -0.3 is 4.98 Å². The zero-order valence-corrected chi connectivity index (χ0v) is 8.72. The van der Waals surface area contributed by atoms with Crippen molar-refractivity contribution >= 4 is 12.2 Å². The second-order valence-corrected chi connectivity index (χ2v) is 3.79. The van der Waals surface area contributed by atoms with Gasteiger partial charge in [0.2, 0.25) is 0 Å². The van der Waals surface area contributed by atoms with Crippen LogP contribution in [0.3, 0.4) is 0 Å². The highest BCUT2D eigenvalue weighted by Gasteiger charge is 2.06. The lowest BCUT2D eigenvalue weighted by molar-refractivity contribution is 0.795. The summed E-state index contributed by atoms with van der Waals surface area (Å²) in [6.45, 7) is 2.24. The Kier molecular flexibility index (Phi) is 2.87. The first-order chi connectivity index (χ1) is 6.92. The Hall–Kier alpha value is -1.24. The number of aromatic nitrogens is 1. The maximum atomic E-state index is 3.34. The molecule has 0 saturated carbocycles. The van der Waals surface area contributed by atoms with Gasteiger partial charge in [-0.1, -0.05) is 31.6 Å². The third kappa shape index (κ3) is 1.82. The van der Waals surface area contributed by atoms with Crippen LogP contribution in [0.1, 0.15) is 43.0 Å². The summed E-state index contributed by atoms with van der Waals surface area (Å²) >= 11 is 0. The first kappa shape index (κ1) is 9.32. The fraction of sp³-hybridized carbons (Fsp3) is 0.385. The summed E-state index contributed by atoms with van der Waals surface area (Å²) in [7, 11) is 0. The molecule has 1 heteroatoms. The highest BCUT2D eigenvalue weighted by atomic mass is 14.7. The minimum absolute atomic E-state index is 1.05. The van der Waals surface area contributed by atoms with Gasteiger partial charge in [0, 0.05) is 17.5 Å². The van der Waals surface area contributed by atoms with E-state index < -0.39 is 0 Å². The molecular formula is C13H17N. The molecule has 14 heavy (non-hydrogen) atoms. The third-order valence-electron chi connectivity index (χ3n) is 2.68. The molecule has 1 aromatic rings. The summed E-state index contributed by atoms with van der Waals surface area (Å²) < 4.78 is 0. The Morgan fingerprint density at radius 1 is 1.29 bits per heavy atom. The quantitative estimate of drug-likeness (QED) is 0.741. The standard InChI is InChI=1S/C13H17N/c1-2-3-7-11-10-14-13-9-6-4-5-8-12(11)13/h5-6,8-10,14H,2-4,7H2,1H3. The normalized spacial score (nSPS) is 14.1. The molecule has 1 N–H and O–H groups in total. The van der Waals surface area contributed by atoms with Gasteiger partial charge in [-0.3, -0.25) is 0 Å². The fourth-order valence-electron chi connectivity index (χ4n) is 1.85. The van der Waals surface area contributed by atoms with Gasteiger partial charge in [-0.15, -0.1) is 0 Å². The average Bonchev–Trinajstić information content (AvgIpc) is 2.45. The Balaban J connectivity index is 2.26. The lowest BCUT2D eigenvalue weighted by Gasteiger charge is -1.98. The van der Waals surface area contributed by atoms with Crippen molar-refractivity contribution in [1.29, 1.82) is 0 Å². The van der Waals surface area contributed by atoms with Crippen LogP contribution in [0.15, 0.2) is 18.3 Å². The molecule has 1 aromatic heterocycles. The molecule has 0 radical (unpaired) electrons. The predicted molar refractivity (Wildman–Crippen MR) is 62.1 cm³/mol. The van der Waals surface area contributed by atoms with E-state index in [1.54, 1.807) is 0 Å². The van der Waals surface area contributed by atoms with E-state index in [0.717, 1.165) is 6.42 Å². The molecule has 0 bridgehead atoms. The number of rotatable bonds is 3. The van der Waals surface area contributed by atoms with Gasteiger partial charge in [-0.05, 0) is 30.9 Å². The molecule has 0 unspecified atom stereocenters. The SMILES string of the molecule is CCCCc1c[nH]c2c1C=CCC=C2. The third-order valence-corrected chi connectivity index (χ3v) is 2.68. The molecule has 74 valence electrons. The molecule has 1 heterocycles. The van der Waals surface area contributed by atoms with Crippen molar-refractivity contribution in [1.82, 2.24) is 4.98 Å². The van der Waals surface area contributed by atoms with Crippen molar-refractivity contribution in [3.05, 3.63) is 35.2 Å². The number of aryl methyl sites for hydroxylation is 1. The number of hydrogen-bond donors (Lipinski definition) is 1. The highest BCUT2D eigenvalue weighted by molar-refractivity contribution is 5.67. The summed E-state index contributed by atoms with van der Waals surface area (Å²) in [6.07, 6.45) is 15.8. The second kappa shape index (κ2) is 4.32. The van der Waals surface area contributed by atoms with Crippen molar-refractivity contribution in [3.63, 3.8) is 0 Å².